The molecule has 2 heteroatoms. The Morgan fingerprint density at radius 2 is 1.55 bits per heavy atom. The van der Waals surface area contributed by atoms with E-state index >= 15 is 0 Å². The molecule has 0 bridgehead atoms. The zero-order valence-corrected chi connectivity index (χ0v) is 11.3. The normalized spacial score (nSPS) is 11.2. The number of fused-ring (bicyclic) bond motifs is 3. The van der Waals surface area contributed by atoms with Crippen molar-refractivity contribution in [2.24, 2.45) is 7.05 Å². The summed E-state index contributed by atoms with van der Waals surface area (Å²) in [5, 5.41) is 2.55. The largest absolute Gasteiger partial charge is 0.349 e. The van der Waals surface area contributed by atoms with Gasteiger partial charge in [0.2, 0.25) is 5.69 Å². The maximum absolute atomic E-state index is 3.57. The Balaban J connectivity index is 2.17. The molecule has 0 aliphatic heterocycles. The van der Waals surface area contributed by atoms with Crippen LogP contribution in [-0.4, -0.2) is 4.98 Å². The highest BCUT2D eigenvalue weighted by molar-refractivity contribution is 6.10. The Morgan fingerprint density at radius 1 is 0.800 bits per heavy atom. The second-order valence-electron chi connectivity index (χ2n) is 5.10. The number of rotatable bonds is 1. The fourth-order valence-electron chi connectivity index (χ4n) is 2.90. The van der Waals surface area contributed by atoms with Crippen molar-refractivity contribution in [3.8, 4) is 11.3 Å². The highest BCUT2D eigenvalue weighted by Gasteiger charge is 2.17. The second-order valence-corrected chi connectivity index (χ2v) is 5.10. The first-order valence-corrected chi connectivity index (χ1v) is 6.79. The fraction of sp³-hybridized carbons (Fsp3) is 0.0556. The first-order valence-electron chi connectivity index (χ1n) is 6.79. The summed E-state index contributed by atoms with van der Waals surface area (Å²) < 4.78 is 2.17. The molecule has 2 aromatic carbocycles. The summed E-state index contributed by atoms with van der Waals surface area (Å²) in [6.45, 7) is 0. The summed E-state index contributed by atoms with van der Waals surface area (Å²) in [7, 11) is 2.09. The predicted octanol–water partition coefficient (Wildman–Crippen LogP) is 3.81. The van der Waals surface area contributed by atoms with E-state index in [9.17, 15) is 0 Å². The van der Waals surface area contributed by atoms with Crippen LogP contribution in [-0.2, 0) is 7.05 Å². The Kier molecular flexibility index (Phi) is 2.36. The van der Waals surface area contributed by atoms with Crippen molar-refractivity contribution in [3.05, 3.63) is 66.9 Å². The molecule has 0 amide bonds. The van der Waals surface area contributed by atoms with Crippen molar-refractivity contribution in [2.75, 3.05) is 0 Å². The first-order chi connectivity index (χ1) is 9.84. The molecular weight excluding hydrogens is 244 g/mol. The number of nitrogens with zero attached hydrogens (tertiary/aromatic N) is 1. The van der Waals surface area contributed by atoms with E-state index in [4.69, 9.17) is 0 Å². The molecule has 0 radical (unpaired) electrons. The van der Waals surface area contributed by atoms with Crippen molar-refractivity contribution in [1.82, 2.24) is 4.98 Å². The zero-order chi connectivity index (χ0) is 13.5. The van der Waals surface area contributed by atoms with E-state index in [1.807, 2.05) is 0 Å². The second kappa shape index (κ2) is 4.20. The van der Waals surface area contributed by atoms with Crippen LogP contribution in [0.4, 0.5) is 0 Å². The summed E-state index contributed by atoms with van der Waals surface area (Å²) in [6.07, 6.45) is 2.13. The number of hydrogen-bond acceptors (Lipinski definition) is 0. The first kappa shape index (κ1) is 11.2. The fourth-order valence-corrected chi connectivity index (χ4v) is 2.90. The highest BCUT2D eigenvalue weighted by atomic mass is 14.9. The molecule has 0 spiro atoms. The number of nitrogens with one attached hydrogen (secondary N) is 1. The molecule has 0 aliphatic carbocycles. The minimum Gasteiger partial charge on any atom is -0.349 e. The lowest BCUT2D eigenvalue weighted by Gasteiger charge is -2.01. The highest BCUT2D eigenvalue weighted by Crippen LogP contribution is 2.30. The maximum atomic E-state index is 3.57. The van der Waals surface area contributed by atoms with Crippen LogP contribution in [0, 0.1) is 0 Å². The molecule has 0 saturated heterocycles. The van der Waals surface area contributed by atoms with Crippen molar-refractivity contribution in [2.45, 2.75) is 0 Å². The Labute approximate surface area is 117 Å². The number of benzene rings is 2. The molecule has 2 nitrogen and oxygen atoms in total. The molecule has 4 aromatic rings. The number of aromatic amines is 1. The van der Waals surface area contributed by atoms with E-state index < -0.39 is 0 Å². The molecule has 0 fully saturated rings. The number of pyridine rings is 1. The average molecular weight is 259 g/mol. The van der Waals surface area contributed by atoms with Crippen LogP contribution in [0.25, 0.3) is 33.1 Å². The lowest BCUT2D eigenvalue weighted by atomic mass is 10.1. The van der Waals surface area contributed by atoms with Gasteiger partial charge in [0, 0.05) is 27.9 Å². The molecule has 4 rings (SSSR count). The van der Waals surface area contributed by atoms with Gasteiger partial charge in [0.05, 0.1) is 0 Å². The van der Waals surface area contributed by atoms with Gasteiger partial charge in [-0.3, -0.25) is 0 Å². The van der Waals surface area contributed by atoms with Gasteiger partial charge in [-0.2, -0.15) is 4.57 Å². The summed E-state index contributed by atoms with van der Waals surface area (Å²) in [5.41, 5.74) is 4.83. The number of aryl methyl sites for hydroxylation is 1. The number of H-pyrrole nitrogens is 1. The predicted molar refractivity (Wildman–Crippen MR) is 82.4 cm³/mol. The van der Waals surface area contributed by atoms with Crippen LogP contribution in [0.3, 0.4) is 0 Å². The van der Waals surface area contributed by atoms with Gasteiger partial charge in [0.1, 0.15) is 12.6 Å². The van der Waals surface area contributed by atoms with Crippen molar-refractivity contribution in [3.63, 3.8) is 0 Å². The molecule has 0 unspecified atom stereocenters. The van der Waals surface area contributed by atoms with Crippen LogP contribution >= 0.6 is 0 Å². The minimum absolute atomic E-state index is 1.19. The van der Waals surface area contributed by atoms with Gasteiger partial charge in [0.25, 0.3) is 0 Å². The SMILES string of the molecule is C[n+]1ccc2c([nH]c3ccccc32)c1-c1ccccc1. The molecule has 96 valence electrons. The van der Waals surface area contributed by atoms with E-state index in [1.165, 1.54) is 33.1 Å². The van der Waals surface area contributed by atoms with Crippen molar-refractivity contribution in [1.29, 1.82) is 0 Å². The van der Waals surface area contributed by atoms with E-state index in [0.29, 0.717) is 0 Å². The van der Waals surface area contributed by atoms with Gasteiger partial charge in [-0.25, -0.2) is 0 Å². The maximum Gasteiger partial charge on any atom is 0.236 e. The van der Waals surface area contributed by atoms with Crippen LogP contribution in [0.1, 0.15) is 0 Å². The topological polar surface area (TPSA) is 19.7 Å². The minimum atomic E-state index is 1.19. The summed E-state index contributed by atoms with van der Waals surface area (Å²) in [6, 6.07) is 21.2. The van der Waals surface area contributed by atoms with Gasteiger partial charge < -0.3 is 4.98 Å². The standard InChI is InChI=1S/C18H14N2/c1-20-12-11-15-14-9-5-6-10-16(14)19-17(15)18(20)13-7-3-2-4-8-13/h2-12H,1H3/p+1. The molecule has 20 heavy (non-hydrogen) atoms. The summed E-state index contributed by atoms with van der Waals surface area (Å²) >= 11 is 0. The molecule has 0 atom stereocenters. The third-order valence-electron chi connectivity index (χ3n) is 3.85. The summed E-state index contributed by atoms with van der Waals surface area (Å²) in [5.74, 6) is 0. The lowest BCUT2D eigenvalue weighted by Crippen LogP contribution is -2.30. The van der Waals surface area contributed by atoms with E-state index in [-0.39, 0.29) is 0 Å². The molecule has 2 aromatic heterocycles. The number of para-hydroxylation sites is 1. The molecule has 2 heterocycles. The average Bonchev–Trinajstić information content (AvgIpc) is 2.86. The van der Waals surface area contributed by atoms with Gasteiger partial charge in [0.15, 0.2) is 6.20 Å². The van der Waals surface area contributed by atoms with Crippen LogP contribution < -0.4 is 4.57 Å². The van der Waals surface area contributed by atoms with Gasteiger partial charge in [-0.05, 0) is 18.2 Å². The lowest BCUT2D eigenvalue weighted by molar-refractivity contribution is -0.659. The Hall–Kier alpha value is -2.61. The van der Waals surface area contributed by atoms with Gasteiger partial charge >= 0.3 is 0 Å². The molecule has 0 saturated carbocycles. The smallest absolute Gasteiger partial charge is 0.236 e. The number of hydrogen-bond donors (Lipinski definition) is 1. The Bertz CT molecular complexity index is 905. The third-order valence-corrected chi connectivity index (χ3v) is 3.85. The van der Waals surface area contributed by atoms with Gasteiger partial charge in [-0.1, -0.05) is 36.4 Å². The molecular formula is C18H15N2+. The van der Waals surface area contributed by atoms with E-state index in [0.717, 1.165) is 0 Å². The monoisotopic (exact) mass is 259 g/mol. The summed E-state index contributed by atoms with van der Waals surface area (Å²) in [4.78, 5) is 3.57. The van der Waals surface area contributed by atoms with Crippen LogP contribution in [0.15, 0.2) is 66.9 Å². The zero-order valence-electron chi connectivity index (χ0n) is 11.3. The quantitative estimate of drug-likeness (QED) is 0.501. The van der Waals surface area contributed by atoms with Gasteiger partial charge in [-0.15, -0.1) is 0 Å². The number of aromatic nitrogens is 2. The molecule has 0 aliphatic rings. The third kappa shape index (κ3) is 1.55. The van der Waals surface area contributed by atoms with Crippen LogP contribution in [0.2, 0.25) is 0 Å². The Morgan fingerprint density at radius 3 is 2.40 bits per heavy atom. The van der Waals surface area contributed by atoms with Crippen molar-refractivity contribution >= 4 is 21.8 Å². The molecule has 1 N–H and O–H groups in total. The van der Waals surface area contributed by atoms with E-state index in [2.05, 4.69) is 83.5 Å². The van der Waals surface area contributed by atoms with Crippen molar-refractivity contribution < 1.29 is 4.57 Å². The van der Waals surface area contributed by atoms with E-state index in [1.54, 1.807) is 0 Å². The van der Waals surface area contributed by atoms with Crippen LogP contribution in [0.5, 0.6) is 0 Å².